The van der Waals surface area contributed by atoms with Crippen LogP contribution in [-0.2, 0) is 0 Å². The molecule has 0 bridgehead atoms. The molecule has 0 heterocycles. The van der Waals surface area contributed by atoms with Crippen molar-refractivity contribution in [3.8, 4) is 34.8 Å². The summed E-state index contributed by atoms with van der Waals surface area (Å²) in [6, 6.07) is 36.6. The van der Waals surface area contributed by atoms with E-state index in [9.17, 15) is 0 Å². The van der Waals surface area contributed by atoms with Crippen molar-refractivity contribution in [2.24, 2.45) is 0 Å². The van der Waals surface area contributed by atoms with Crippen molar-refractivity contribution in [1.82, 2.24) is 0 Å². The maximum absolute atomic E-state index is 3.35. The molecule has 0 N–H and O–H groups in total. The van der Waals surface area contributed by atoms with Crippen molar-refractivity contribution in [1.29, 1.82) is 0 Å². The van der Waals surface area contributed by atoms with E-state index in [-0.39, 0.29) is 0 Å². The Morgan fingerprint density at radius 1 is 0.357 bits per heavy atom. The first-order chi connectivity index (χ1) is 13.9. The van der Waals surface area contributed by atoms with E-state index >= 15 is 0 Å². The molecule has 0 aromatic heterocycles. The molecule has 0 atom stereocenters. The highest BCUT2D eigenvalue weighted by atomic mass is 14.1. The Bertz CT molecular complexity index is 1100. The van der Waals surface area contributed by atoms with E-state index in [1.54, 1.807) is 0 Å². The van der Waals surface area contributed by atoms with Crippen LogP contribution in [0.1, 0.15) is 22.3 Å². The molecule has 0 fully saturated rings. The first-order valence-corrected chi connectivity index (χ1v) is 9.23. The molecule has 0 amide bonds. The van der Waals surface area contributed by atoms with Gasteiger partial charge in [0, 0.05) is 27.8 Å². The highest BCUT2D eigenvalue weighted by molar-refractivity contribution is 5.78. The first kappa shape index (κ1) is 17.4. The van der Waals surface area contributed by atoms with E-state index in [1.165, 1.54) is 0 Å². The lowest BCUT2D eigenvalue weighted by atomic mass is 9.94. The van der Waals surface area contributed by atoms with Gasteiger partial charge in [-0.1, -0.05) is 96.5 Å². The van der Waals surface area contributed by atoms with Crippen molar-refractivity contribution in [2.75, 3.05) is 0 Å². The second kappa shape index (κ2) is 8.59. The molecule has 0 aliphatic rings. The van der Waals surface area contributed by atoms with Gasteiger partial charge in [0.25, 0.3) is 0 Å². The first-order valence-electron chi connectivity index (χ1n) is 9.23. The molecular weight excluding hydrogens is 336 g/mol. The van der Waals surface area contributed by atoms with Crippen LogP contribution in [0.5, 0.6) is 0 Å². The topological polar surface area (TPSA) is 0 Å². The Labute approximate surface area is 166 Å². The van der Waals surface area contributed by atoms with Crippen LogP contribution in [0.15, 0.2) is 109 Å². The predicted molar refractivity (Wildman–Crippen MR) is 117 cm³/mol. The van der Waals surface area contributed by atoms with Crippen molar-refractivity contribution in [3.05, 3.63) is 131 Å². The lowest BCUT2D eigenvalue weighted by Gasteiger charge is -2.08. The van der Waals surface area contributed by atoms with Crippen LogP contribution in [0.25, 0.3) is 11.1 Å². The van der Waals surface area contributed by atoms with Gasteiger partial charge in [-0.2, -0.15) is 0 Å². The summed E-state index contributed by atoms with van der Waals surface area (Å²) in [4.78, 5) is 0. The summed E-state index contributed by atoms with van der Waals surface area (Å²) in [6.45, 7) is 0. The van der Waals surface area contributed by atoms with Gasteiger partial charge in [-0.25, -0.2) is 0 Å². The van der Waals surface area contributed by atoms with E-state index in [2.05, 4.69) is 47.9 Å². The van der Waals surface area contributed by atoms with Crippen LogP contribution in [-0.4, -0.2) is 0 Å². The number of hydrogen-bond donors (Lipinski definition) is 0. The van der Waals surface area contributed by atoms with Crippen LogP contribution >= 0.6 is 0 Å². The molecule has 0 aliphatic carbocycles. The summed E-state index contributed by atoms with van der Waals surface area (Å²) < 4.78 is 0. The highest BCUT2D eigenvalue weighted by Gasteiger charge is 2.08. The van der Waals surface area contributed by atoms with Gasteiger partial charge in [0.1, 0.15) is 0 Å². The Morgan fingerprint density at radius 3 is 1.25 bits per heavy atom. The summed E-state index contributed by atoms with van der Waals surface area (Å²) in [5, 5.41) is 0. The highest BCUT2D eigenvalue weighted by Crippen LogP contribution is 2.27. The molecule has 0 heteroatoms. The van der Waals surface area contributed by atoms with Crippen LogP contribution in [0.2, 0.25) is 0 Å². The van der Waals surface area contributed by atoms with Crippen molar-refractivity contribution < 1.29 is 0 Å². The monoisotopic (exact) mass is 354 g/mol. The van der Waals surface area contributed by atoms with E-state index < -0.39 is 0 Å². The van der Waals surface area contributed by atoms with E-state index in [0.29, 0.717) is 0 Å². The largest absolute Gasteiger partial charge is 0.0622 e. The summed E-state index contributed by atoms with van der Waals surface area (Å²) in [5.74, 6) is 13.2. The molecule has 4 aromatic rings. The van der Waals surface area contributed by atoms with Crippen LogP contribution in [0.3, 0.4) is 0 Å². The minimum Gasteiger partial charge on any atom is -0.0622 e. The molecule has 28 heavy (non-hydrogen) atoms. The SMILES string of the molecule is C(#Cc1cccc(C#Cc2ccccc2)c1-c1ccccc1)c1ccccc1. The van der Waals surface area contributed by atoms with Crippen molar-refractivity contribution in [3.63, 3.8) is 0 Å². The molecule has 0 aliphatic heterocycles. The average Bonchev–Trinajstić information content (AvgIpc) is 2.78. The van der Waals surface area contributed by atoms with Gasteiger partial charge >= 0.3 is 0 Å². The molecule has 0 radical (unpaired) electrons. The lowest BCUT2D eigenvalue weighted by molar-refractivity contribution is 1.54. The second-order valence-corrected chi connectivity index (χ2v) is 6.33. The molecule has 130 valence electrons. The van der Waals surface area contributed by atoms with E-state index in [4.69, 9.17) is 0 Å². The second-order valence-electron chi connectivity index (χ2n) is 6.33. The van der Waals surface area contributed by atoms with E-state index in [1.807, 2.05) is 84.9 Å². The molecule has 0 spiro atoms. The Morgan fingerprint density at radius 2 is 0.786 bits per heavy atom. The van der Waals surface area contributed by atoms with Gasteiger partial charge in [0.05, 0.1) is 0 Å². The fourth-order valence-electron chi connectivity index (χ4n) is 3.00. The summed E-state index contributed by atoms with van der Waals surface area (Å²) in [6.07, 6.45) is 0. The molecule has 0 saturated heterocycles. The van der Waals surface area contributed by atoms with Gasteiger partial charge in [0.2, 0.25) is 0 Å². The van der Waals surface area contributed by atoms with Crippen molar-refractivity contribution in [2.45, 2.75) is 0 Å². The van der Waals surface area contributed by atoms with Gasteiger partial charge in [-0.15, -0.1) is 0 Å². The lowest BCUT2D eigenvalue weighted by Crippen LogP contribution is -1.90. The van der Waals surface area contributed by atoms with Gasteiger partial charge in [-0.05, 0) is 42.0 Å². The Balaban J connectivity index is 1.83. The van der Waals surface area contributed by atoms with Crippen LogP contribution < -0.4 is 0 Å². The molecule has 0 nitrogen and oxygen atoms in total. The molecular formula is C28H18. The van der Waals surface area contributed by atoms with Crippen LogP contribution in [0, 0.1) is 23.7 Å². The molecule has 0 saturated carbocycles. The Hall–Kier alpha value is -4.00. The van der Waals surface area contributed by atoms with Crippen molar-refractivity contribution >= 4 is 0 Å². The van der Waals surface area contributed by atoms with E-state index in [0.717, 1.165) is 33.4 Å². The smallest absolute Gasteiger partial charge is 0.0340 e. The number of hydrogen-bond acceptors (Lipinski definition) is 0. The summed E-state index contributed by atoms with van der Waals surface area (Å²) in [5.41, 5.74) is 6.17. The maximum Gasteiger partial charge on any atom is 0.0340 e. The van der Waals surface area contributed by atoms with Gasteiger partial charge in [-0.3, -0.25) is 0 Å². The minimum atomic E-state index is 0.981. The molecule has 4 aromatic carbocycles. The van der Waals surface area contributed by atoms with Gasteiger partial charge < -0.3 is 0 Å². The third kappa shape index (κ3) is 4.21. The van der Waals surface area contributed by atoms with Gasteiger partial charge in [0.15, 0.2) is 0 Å². The standard InChI is InChI=1S/C28H18/c1-4-11-23(12-5-1)19-21-26-17-10-18-27(22-20-24-13-6-2-7-14-24)28(26)25-15-8-3-9-16-25/h1-18H. The Kier molecular flexibility index (Phi) is 5.34. The normalized spacial score (nSPS) is 9.57. The predicted octanol–water partition coefficient (Wildman–Crippen LogP) is 6.15. The fourth-order valence-corrected chi connectivity index (χ4v) is 3.00. The molecule has 0 unspecified atom stereocenters. The molecule has 4 rings (SSSR count). The zero-order valence-electron chi connectivity index (χ0n) is 15.4. The zero-order chi connectivity index (χ0) is 19.0. The number of benzene rings is 4. The zero-order valence-corrected chi connectivity index (χ0v) is 15.4. The fraction of sp³-hybridized carbons (Fsp3) is 0. The third-order valence-corrected chi connectivity index (χ3v) is 4.36. The average molecular weight is 354 g/mol. The number of rotatable bonds is 1. The minimum absolute atomic E-state index is 0.981. The maximum atomic E-state index is 3.35. The summed E-state index contributed by atoms with van der Waals surface area (Å²) >= 11 is 0. The van der Waals surface area contributed by atoms with Crippen LogP contribution in [0.4, 0.5) is 0 Å². The third-order valence-electron chi connectivity index (χ3n) is 4.36. The summed E-state index contributed by atoms with van der Waals surface area (Å²) in [7, 11) is 0. The quantitative estimate of drug-likeness (QED) is 0.359.